The van der Waals surface area contributed by atoms with Gasteiger partial charge in [-0.1, -0.05) is 91.0 Å². The highest BCUT2D eigenvalue weighted by atomic mass is 16.5. The average Bonchev–Trinajstić information content (AvgIpc) is 2.82. The van der Waals surface area contributed by atoms with Crippen molar-refractivity contribution in [3.63, 3.8) is 0 Å². The smallest absolute Gasteiger partial charge is 0.153 e. The van der Waals surface area contributed by atoms with E-state index >= 15 is 0 Å². The van der Waals surface area contributed by atoms with Crippen molar-refractivity contribution >= 4 is 27.8 Å². The number of benzene rings is 5. The second kappa shape index (κ2) is 7.49. The first-order valence-corrected chi connectivity index (χ1v) is 9.94. The Morgan fingerprint density at radius 1 is 0.667 bits per heavy atom. The molecule has 0 saturated heterocycles. The Morgan fingerprint density at radius 2 is 1.30 bits per heavy atom. The molecular weight excluding hydrogens is 368 g/mol. The number of aldehydes is 1. The molecule has 0 fully saturated rings. The van der Waals surface area contributed by atoms with Gasteiger partial charge in [0.05, 0.1) is 12.7 Å². The molecule has 2 heteroatoms. The monoisotopic (exact) mass is 388 g/mol. The van der Waals surface area contributed by atoms with Crippen LogP contribution >= 0.6 is 0 Å². The summed E-state index contributed by atoms with van der Waals surface area (Å²) in [6.07, 6.45) is 0.877. The van der Waals surface area contributed by atoms with Crippen LogP contribution in [0.5, 0.6) is 5.75 Å². The maximum atomic E-state index is 12.0. The first kappa shape index (κ1) is 18.1. The molecule has 5 rings (SSSR count). The molecule has 0 aliphatic rings. The molecule has 5 aromatic carbocycles. The zero-order chi connectivity index (χ0) is 20.5. The molecule has 0 radical (unpaired) electrons. The predicted octanol–water partition coefficient (Wildman–Crippen LogP) is 7.15. The maximum absolute atomic E-state index is 12.0. The van der Waals surface area contributed by atoms with Crippen molar-refractivity contribution in [2.45, 2.75) is 0 Å². The topological polar surface area (TPSA) is 26.3 Å². The lowest BCUT2D eigenvalue weighted by Gasteiger charge is -2.20. The number of hydrogen-bond donors (Lipinski definition) is 0. The van der Waals surface area contributed by atoms with E-state index in [2.05, 4.69) is 48.5 Å². The fourth-order valence-electron chi connectivity index (χ4n) is 4.31. The Kier molecular flexibility index (Phi) is 4.53. The molecule has 0 N–H and O–H groups in total. The predicted molar refractivity (Wildman–Crippen MR) is 124 cm³/mol. The van der Waals surface area contributed by atoms with Crippen molar-refractivity contribution in [1.29, 1.82) is 0 Å². The minimum absolute atomic E-state index is 0.554. The second-order valence-corrected chi connectivity index (χ2v) is 7.29. The van der Waals surface area contributed by atoms with Crippen LogP contribution in [0.25, 0.3) is 43.8 Å². The molecule has 0 aromatic heterocycles. The van der Waals surface area contributed by atoms with Crippen LogP contribution in [0.1, 0.15) is 10.4 Å². The molecule has 5 aromatic rings. The molecule has 0 aliphatic carbocycles. The van der Waals surface area contributed by atoms with Crippen LogP contribution in [0.4, 0.5) is 0 Å². The van der Waals surface area contributed by atoms with Crippen molar-refractivity contribution in [3.05, 3.63) is 103 Å². The van der Waals surface area contributed by atoms with Gasteiger partial charge in [0.15, 0.2) is 6.29 Å². The lowest BCUT2D eigenvalue weighted by Crippen LogP contribution is -1.98. The minimum Gasteiger partial charge on any atom is -0.495 e. The van der Waals surface area contributed by atoms with Gasteiger partial charge in [-0.05, 0) is 38.7 Å². The highest BCUT2D eigenvalue weighted by molar-refractivity contribution is 6.14. The van der Waals surface area contributed by atoms with Gasteiger partial charge in [-0.3, -0.25) is 4.79 Å². The molecule has 0 amide bonds. The Labute approximate surface area is 175 Å². The summed E-state index contributed by atoms with van der Waals surface area (Å²) in [5, 5.41) is 4.36. The lowest BCUT2D eigenvalue weighted by molar-refractivity contribution is 0.112. The van der Waals surface area contributed by atoms with Gasteiger partial charge in [0, 0.05) is 11.1 Å². The van der Waals surface area contributed by atoms with Gasteiger partial charge in [0.1, 0.15) is 5.75 Å². The summed E-state index contributed by atoms with van der Waals surface area (Å²) in [7, 11) is 1.63. The number of fused-ring (bicyclic) bond motifs is 2. The van der Waals surface area contributed by atoms with E-state index in [-0.39, 0.29) is 0 Å². The summed E-state index contributed by atoms with van der Waals surface area (Å²) in [5.41, 5.74) is 4.82. The number of carbonyl (C=O) groups excluding carboxylic acids is 1. The number of hydrogen-bond acceptors (Lipinski definition) is 2. The lowest BCUT2D eigenvalue weighted by atomic mass is 9.86. The highest BCUT2D eigenvalue weighted by Crippen LogP contribution is 2.46. The summed E-state index contributed by atoms with van der Waals surface area (Å²) in [6.45, 7) is 0. The van der Waals surface area contributed by atoms with Crippen molar-refractivity contribution in [2.75, 3.05) is 7.11 Å². The van der Waals surface area contributed by atoms with Crippen molar-refractivity contribution < 1.29 is 9.53 Å². The Bertz CT molecular complexity index is 1380. The third-order valence-electron chi connectivity index (χ3n) is 5.63. The van der Waals surface area contributed by atoms with E-state index in [1.165, 1.54) is 0 Å². The van der Waals surface area contributed by atoms with Gasteiger partial charge >= 0.3 is 0 Å². The highest BCUT2D eigenvalue weighted by Gasteiger charge is 2.21. The molecule has 0 unspecified atom stereocenters. The quantitative estimate of drug-likeness (QED) is 0.306. The van der Waals surface area contributed by atoms with E-state index in [4.69, 9.17) is 4.74 Å². The van der Waals surface area contributed by atoms with Crippen molar-refractivity contribution in [3.8, 4) is 28.0 Å². The van der Waals surface area contributed by atoms with Crippen LogP contribution < -0.4 is 4.74 Å². The second-order valence-electron chi connectivity index (χ2n) is 7.29. The minimum atomic E-state index is 0.554. The summed E-state index contributed by atoms with van der Waals surface area (Å²) < 4.78 is 5.84. The molecule has 0 heterocycles. The van der Waals surface area contributed by atoms with Gasteiger partial charge in [-0.15, -0.1) is 0 Å². The first-order chi connectivity index (χ1) is 14.8. The average molecular weight is 388 g/mol. The van der Waals surface area contributed by atoms with Crippen LogP contribution in [0, 0.1) is 0 Å². The van der Waals surface area contributed by atoms with E-state index in [0.717, 1.165) is 50.1 Å². The standard InChI is InChI=1S/C28H20O2/c1-30-28-22(18-29)17-21-12-6-8-14-24(21)27(28)26-23-13-7-5-11-20(23)15-16-25(26)19-9-3-2-4-10-19/h2-18H,1H3. The summed E-state index contributed by atoms with van der Waals surface area (Å²) >= 11 is 0. The van der Waals surface area contributed by atoms with Crippen molar-refractivity contribution in [1.82, 2.24) is 0 Å². The number of carbonyl (C=O) groups is 1. The zero-order valence-electron chi connectivity index (χ0n) is 16.6. The van der Waals surface area contributed by atoms with Crippen LogP contribution in [0.15, 0.2) is 97.1 Å². The summed E-state index contributed by atoms with van der Waals surface area (Å²) in [4.78, 5) is 12.0. The number of ether oxygens (including phenoxy) is 1. The Hall–Kier alpha value is -3.91. The van der Waals surface area contributed by atoms with Gasteiger partial charge in [-0.25, -0.2) is 0 Å². The summed E-state index contributed by atoms with van der Waals surface area (Å²) in [5.74, 6) is 0.609. The molecular formula is C28H20O2. The molecule has 144 valence electrons. The molecule has 0 saturated carbocycles. The van der Waals surface area contributed by atoms with E-state index in [9.17, 15) is 4.79 Å². The van der Waals surface area contributed by atoms with Gasteiger partial charge in [0.25, 0.3) is 0 Å². The third kappa shape index (κ3) is 2.85. The van der Waals surface area contributed by atoms with Gasteiger partial charge in [0.2, 0.25) is 0 Å². The Balaban J connectivity index is 2.02. The van der Waals surface area contributed by atoms with Gasteiger partial charge < -0.3 is 4.74 Å². The third-order valence-corrected chi connectivity index (χ3v) is 5.63. The van der Waals surface area contributed by atoms with Crippen LogP contribution in [-0.4, -0.2) is 13.4 Å². The van der Waals surface area contributed by atoms with E-state index in [1.807, 2.05) is 48.5 Å². The van der Waals surface area contributed by atoms with E-state index < -0.39 is 0 Å². The molecule has 0 atom stereocenters. The molecule has 0 bridgehead atoms. The maximum Gasteiger partial charge on any atom is 0.153 e. The molecule has 0 aliphatic heterocycles. The van der Waals surface area contributed by atoms with Gasteiger partial charge in [-0.2, -0.15) is 0 Å². The zero-order valence-corrected chi connectivity index (χ0v) is 16.6. The molecule has 30 heavy (non-hydrogen) atoms. The van der Waals surface area contributed by atoms with Crippen LogP contribution in [0.3, 0.4) is 0 Å². The van der Waals surface area contributed by atoms with E-state index in [1.54, 1.807) is 7.11 Å². The number of rotatable bonds is 4. The normalized spacial score (nSPS) is 11.0. The Morgan fingerprint density at radius 3 is 2.00 bits per heavy atom. The molecule has 0 spiro atoms. The largest absolute Gasteiger partial charge is 0.495 e. The SMILES string of the molecule is COc1c(C=O)cc2ccccc2c1-c1c(-c2ccccc2)ccc2ccccc12. The first-order valence-electron chi connectivity index (χ1n) is 9.94. The number of methoxy groups -OCH3 is 1. The van der Waals surface area contributed by atoms with E-state index in [0.29, 0.717) is 11.3 Å². The molecule has 2 nitrogen and oxygen atoms in total. The fourth-order valence-corrected chi connectivity index (χ4v) is 4.31. The van der Waals surface area contributed by atoms with Crippen LogP contribution in [-0.2, 0) is 0 Å². The van der Waals surface area contributed by atoms with Crippen molar-refractivity contribution in [2.24, 2.45) is 0 Å². The van der Waals surface area contributed by atoms with Crippen LogP contribution in [0.2, 0.25) is 0 Å². The fraction of sp³-hybridized carbons (Fsp3) is 0.0357. The summed E-state index contributed by atoms with van der Waals surface area (Å²) in [6, 6.07) is 33.1.